The Morgan fingerprint density at radius 1 is 1.18 bits per heavy atom. The van der Waals surface area contributed by atoms with Crippen LogP contribution < -0.4 is 0 Å². The standard InChI is InChI=1S/C14H12N2O6/c17-12-7-6-11(15(19)20)10(14(12)16(21)22)8-13(18)9-4-2-1-3-5-9/h1-7,10,17H,8H2,(H,19,20). The average Bonchev–Trinajstić information content (AvgIpc) is 2.47. The summed E-state index contributed by atoms with van der Waals surface area (Å²) in [6.45, 7) is 0. The zero-order valence-corrected chi connectivity index (χ0v) is 11.2. The highest BCUT2D eigenvalue weighted by molar-refractivity contribution is 6.03. The van der Waals surface area contributed by atoms with Gasteiger partial charge in [0, 0.05) is 23.0 Å². The van der Waals surface area contributed by atoms with Gasteiger partial charge in [-0.3, -0.25) is 20.1 Å². The van der Waals surface area contributed by atoms with E-state index in [1.165, 1.54) is 12.1 Å². The summed E-state index contributed by atoms with van der Waals surface area (Å²) in [4.78, 5) is 21.9. The van der Waals surface area contributed by atoms with Crippen molar-refractivity contribution < 1.29 is 24.9 Å². The number of Topliss-reactive ketones (excluding diaryl/α,β-unsaturated/α-hetero) is 1. The Morgan fingerprint density at radius 3 is 2.36 bits per heavy atom. The van der Waals surface area contributed by atoms with E-state index < -0.39 is 39.4 Å². The molecule has 0 fully saturated rings. The van der Waals surface area contributed by atoms with Crippen LogP contribution in [0.25, 0.3) is 0 Å². The van der Waals surface area contributed by atoms with Crippen molar-refractivity contribution in [2.24, 2.45) is 5.92 Å². The number of allylic oxidation sites excluding steroid dienone is 3. The van der Waals surface area contributed by atoms with E-state index in [9.17, 15) is 25.2 Å². The van der Waals surface area contributed by atoms with Crippen LogP contribution in [-0.2, 0) is 0 Å². The Balaban J connectivity index is 2.40. The third kappa shape index (κ3) is 2.95. The van der Waals surface area contributed by atoms with Gasteiger partial charge in [0.25, 0.3) is 5.71 Å². The van der Waals surface area contributed by atoms with Crippen molar-refractivity contribution in [3.8, 4) is 0 Å². The summed E-state index contributed by atoms with van der Waals surface area (Å²) in [6, 6.07) is 8.03. The third-order valence-corrected chi connectivity index (χ3v) is 3.26. The molecule has 0 heterocycles. The molecule has 0 radical (unpaired) electrons. The van der Waals surface area contributed by atoms with Crippen LogP contribution in [0, 0.1) is 21.2 Å². The Labute approximate surface area is 124 Å². The lowest BCUT2D eigenvalue weighted by atomic mass is 9.87. The monoisotopic (exact) mass is 304 g/mol. The van der Waals surface area contributed by atoms with Crippen LogP contribution in [0.15, 0.2) is 53.9 Å². The molecule has 0 aromatic heterocycles. The summed E-state index contributed by atoms with van der Waals surface area (Å²) in [6.07, 6.45) is 1.54. The molecule has 2 rings (SSSR count). The lowest BCUT2D eigenvalue weighted by Crippen LogP contribution is -2.31. The van der Waals surface area contributed by atoms with Gasteiger partial charge in [-0.15, -0.1) is 0 Å². The highest BCUT2D eigenvalue weighted by Crippen LogP contribution is 2.27. The molecule has 0 spiro atoms. The second kappa shape index (κ2) is 6.08. The number of rotatable bonds is 4. The molecular formula is C14H12N2O6. The number of hydrogen-bond donors (Lipinski definition) is 2. The zero-order valence-electron chi connectivity index (χ0n) is 11.2. The fraction of sp³-hybridized carbons (Fsp3) is 0.143. The third-order valence-electron chi connectivity index (χ3n) is 3.26. The van der Waals surface area contributed by atoms with Gasteiger partial charge in [0.15, 0.2) is 17.5 Å². The van der Waals surface area contributed by atoms with Gasteiger partial charge >= 0.3 is 5.70 Å². The molecule has 1 aliphatic rings. The number of aliphatic hydroxyl groups is 1. The van der Waals surface area contributed by atoms with Crippen LogP contribution >= 0.6 is 0 Å². The van der Waals surface area contributed by atoms with Crippen LogP contribution in [-0.4, -0.2) is 31.6 Å². The summed E-state index contributed by atoms with van der Waals surface area (Å²) in [5.41, 5.74) is -0.764. The number of hydrogen-bond acceptors (Lipinski definition) is 6. The molecule has 0 saturated heterocycles. The summed E-state index contributed by atoms with van der Waals surface area (Å²) >= 11 is 0. The van der Waals surface area contributed by atoms with Crippen LogP contribution in [0.1, 0.15) is 16.8 Å². The van der Waals surface area contributed by atoms with Crippen LogP contribution in [0.4, 0.5) is 0 Å². The van der Waals surface area contributed by atoms with Gasteiger partial charge in [0.2, 0.25) is 0 Å². The van der Waals surface area contributed by atoms with E-state index in [4.69, 9.17) is 5.21 Å². The quantitative estimate of drug-likeness (QED) is 0.287. The molecule has 0 aliphatic heterocycles. The molecular weight excluding hydrogens is 292 g/mol. The minimum Gasteiger partial charge on any atom is -0.502 e. The number of nitrogens with zero attached hydrogens (tertiary/aromatic N) is 2. The van der Waals surface area contributed by atoms with Gasteiger partial charge in [-0.05, 0) is 6.08 Å². The van der Waals surface area contributed by atoms with Crippen molar-refractivity contribution in [2.45, 2.75) is 6.42 Å². The summed E-state index contributed by atoms with van der Waals surface area (Å²) < 4.78 is 0. The maximum absolute atomic E-state index is 12.2. The minimum absolute atomic E-state index is 0.314. The predicted octanol–water partition coefficient (Wildman–Crippen LogP) is 1.83. The number of aliphatic hydroxyl groups excluding tert-OH is 1. The number of carbonyl (C=O) groups is 1. The first-order chi connectivity index (χ1) is 10.4. The van der Waals surface area contributed by atoms with Crippen molar-refractivity contribution in [3.05, 3.63) is 74.8 Å². The van der Waals surface area contributed by atoms with Gasteiger partial charge in [0.1, 0.15) is 0 Å². The molecule has 1 atom stereocenters. The van der Waals surface area contributed by atoms with Crippen molar-refractivity contribution in [3.63, 3.8) is 0 Å². The maximum atomic E-state index is 12.2. The number of nitro groups is 1. The second-order valence-corrected chi connectivity index (χ2v) is 4.60. The Bertz CT molecular complexity index is 701. The zero-order chi connectivity index (χ0) is 16.3. The number of carbonyl (C=O) groups excluding carboxylic acids is 1. The van der Waals surface area contributed by atoms with Gasteiger partial charge < -0.3 is 10.3 Å². The van der Waals surface area contributed by atoms with Crippen molar-refractivity contribution in [1.82, 2.24) is 0 Å². The molecule has 0 bridgehead atoms. The first-order valence-electron chi connectivity index (χ1n) is 6.28. The first kappa shape index (κ1) is 15.2. The smallest absolute Gasteiger partial charge is 0.301 e. The van der Waals surface area contributed by atoms with Crippen LogP contribution in [0.5, 0.6) is 0 Å². The molecule has 8 nitrogen and oxygen atoms in total. The fourth-order valence-electron chi connectivity index (χ4n) is 2.23. The van der Waals surface area contributed by atoms with Gasteiger partial charge in [-0.25, -0.2) is 0 Å². The lowest BCUT2D eigenvalue weighted by molar-refractivity contribution is -0.727. The largest absolute Gasteiger partial charge is 0.502 e. The average molecular weight is 304 g/mol. The van der Waals surface area contributed by atoms with Crippen molar-refractivity contribution in [2.75, 3.05) is 0 Å². The Morgan fingerprint density at radius 2 is 1.82 bits per heavy atom. The maximum Gasteiger partial charge on any atom is 0.301 e. The second-order valence-electron chi connectivity index (χ2n) is 4.60. The molecule has 8 heteroatoms. The molecule has 22 heavy (non-hydrogen) atoms. The molecule has 0 saturated carbocycles. The highest BCUT2D eigenvalue weighted by atomic mass is 16.8. The van der Waals surface area contributed by atoms with E-state index >= 15 is 0 Å². The van der Waals surface area contributed by atoms with Gasteiger partial charge in [-0.2, -0.15) is 0 Å². The summed E-state index contributed by atoms with van der Waals surface area (Å²) in [5, 5.41) is 40.9. The summed E-state index contributed by atoms with van der Waals surface area (Å²) in [7, 11) is 0. The van der Waals surface area contributed by atoms with E-state index in [0.717, 1.165) is 12.2 Å². The van der Waals surface area contributed by atoms with E-state index in [-0.39, 0.29) is 5.71 Å². The minimum atomic E-state index is -1.34. The van der Waals surface area contributed by atoms with Gasteiger partial charge in [0.05, 0.1) is 4.92 Å². The Kier molecular flexibility index (Phi) is 4.21. The SMILES string of the molecule is O=C(CC1C([N+](=O)[O-])=C(O)C=CC1=[N+]([O-])O)c1ccccc1. The Hall–Kier alpha value is -3.16. The highest BCUT2D eigenvalue weighted by Gasteiger charge is 2.41. The van der Waals surface area contributed by atoms with Crippen LogP contribution in [0.2, 0.25) is 0 Å². The molecule has 1 aliphatic carbocycles. The molecule has 0 amide bonds. The first-order valence-corrected chi connectivity index (χ1v) is 6.28. The summed E-state index contributed by atoms with van der Waals surface area (Å²) in [5.74, 6) is -2.44. The number of benzene rings is 1. The van der Waals surface area contributed by atoms with Gasteiger partial charge in [-0.1, -0.05) is 30.3 Å². The van der Waals surface area contributed by atoms with E-state index in [0.29, 0.717) is 5.56 Å². The van der Waals surface area contributed by atoms with Crippen molar-refractivity contribution >= 4 is 11.5 Å². The van der Waals surface area contributed by atoms with Crippen LogP contribution in [0.3, 0.4) is 0 Å². The van der Waals surface area contributed by atoms with E-state index in [1.807, 2.05) is 0 Å². The topological polar surface area (TPSA) is 127 Å². The lowest BCUT2D eigenvalue weighted by Gasteiger charge is -2.14. The van der Waals surface area contributed by atoms with E-state index in [2.05, 4.69) is 0 Å². The molecule has 114 valence electrons. The molecule has 1 aromatic carbocycles. The number of ketones is 1. The molecule has 1 aromatic rings. The fourth-order valence-corrected chi connectivity index (χ4v) is 2.23. The molecule has 2 N–H and O–H groups in total. The van der Waals surface area contributed by atoms with E-state index in [1.54, 1.807) is 18.2 Å². The van der Waals surface area contributed by atoms with Crippen molar-refractivity contribution in [1.29, 1.82) is 0 Å². The predicted molar refractivity (Wildman–Crippen MR) is 75.1 cm³/mol. The normalized spacial score (nSPS) is 19.9. The molecule has 1 unspecified atom stereocenters.